The maximum atomic E-state index is 13.3. The number of aromatic amines is 1. The van der Waals surface area contributed by atoms with Crippen LogP contribution in [0, 0.1) is 0 Å². The second-order valence-electron chi connectivity index (χ2n) is 9.93. The fourth-order valence-electron chi connectivity index (χ4n) is 4.79. The molecule has 0 spiro atoms. The summed E-state index contributed by atoms with van der Waals surface area (Å²) in [5, 5.41) is 25.8. The van der Waals surface area contributed by atoms with Crippen molar-refractivity contribution in [1.82, 2.24) is 20.5 Å². The first-order chi connectivity index (χ1) is 19.0. The van der Waals surface area contributed by atoms with Crippen LogP contribution in [-0.4, -0.2) is 93.1 Å². The molecule has 3 rings (SSSR count). The van der Waals surface area contributed by atoms with Gasteiger partial charge in [-0.1, -0.05) is 18.2 Å². The van der Waals surface area contributed by atoms with E-state index in [1.54, 1.807) is 6.20 Å². The van der Waals surface area contributed by atoms with Crippen LogP contribution in [0.4, 0.5) is 0 Å². The Bertz CT molecular complexity index is 1240. The largest absolute Gasteiger partial charge is 0.480 e. The van der Waals surface area contributed by atoms with E-state index in [4.69, 9.17) is 17.2 Å². The van der Waals surface area contributed by atoms with E-state index in [2.05, 4.69) is 20.6 Å². The summed E-state index contributed by atoms with van der Waals surface area (Å²) in [6.45, 7) is 1.70. The number of aliphatic imine (C=N–C) groups is 1. The number of H-pyrrole nitrogens is 1. The molecule has 1 fully saturated rings. The number of fused-ring (bicyclic) bond motifs is 1. The zero-order chi connectivity index (χ0) is 29.4. The Labute approximate surface area is 231 Å². The number of rotatable bonds is 13. The highest BCUT2D eigenvalue weighted by Crippen LogP contribution is 2.20. The lowest BCUT2D eigenvalue weighted by Gasteiger charge is -2.30. The van der Waals surface area contributed by atoms with Crippen molar-refractivity contribution in [3.63, 3.8) is 0 Å². The van der Waals surface area contributed by atoms with E-state index in [-0.39, 0.29) is 38.3 Å². The summed E-state index contributed by atoms with van der Waals surface area (Å²) in [5.41, 5.74) is 18.7. The van der Waals surface area contributed by atoms with Gasteiger partial charge in [0, 0.05) is 30.2 Å². The third-order valence-electron chi connectivity index (χ3n) is 6.90. The van der Waals surface area contributed by atoms with E-state index >= 15 is 0 Å². The van der Waals surface area contributed by atoms with E-state index in [1.165, 1.54) is 6.92 Å². The van der Waals surface area contributed by atoms with Gasteiger partial charge in [0.15, 0.2) is 5.96 Å². The molecular formula is C26H38N8O6. The molecule has 14 heteroatoms. The number of benzene rings is 1. The number of aromatic nitrogens is 1. The van der Waals surface area contributed by atoms with Crippen LogP contribution in [0.15, 0.2) is 35.5 Å². The summed E-state index contributed by atoms with van der Waals surface area (Å²) >= 11 is 0. The van der Waals surface area contributed by atoms with Gasteiger partial charge in [0.25, 0.3) is 0 Å². The molecule has 5 atom stereocenters. The Hall–Kier alpha value is -4.17. The number of carboxylic acids is 1. The normalized spacial score (nSPS) is 18.0. The number of carbonyl (C=O) groups excluding carboxylic acids is 3. The average Bonchev–Trinajstić information content (AvgIpc) is 3.56. The zero-order valence-corrected chi connectivity index (χ0v) is 22.4. The Morgan fingerprint density at radius 1 is 1.18 bits per heavy atom. The number of nitrogens with two attached hydrogens (primary N) is 3. The Morgan fingerprint density at radius 2 is 1.90 bits per heavy atom. The first-order valence-corrected chi connectivity index (χ1v) is 13.2. The van der Waals surface area contributed by atoms with E-state index < -0.39 is 54.0 Å². The molecule has 3 amide bonds. The highest BCUT2D eigenvalue weighted by Gasteiger charge is 2.40. The maximum Gasteiger partial charge on any atom is 0.326 e. The summed E-state index contributed by atoms with van der Waals surface area (Å²) in [4.78, 5) is 59.2. The molecular weight excluding hydrogens is 520 g/mol. The minimum Gasteiger partial charge on any atom is -0.480 e. The summed E-state index contributed by atoms with van der Waals surface area (Å²) in [5.74, 6) is -3.31. The second-order valence-corrected chi connectivity index (χ2v) is 9.93. The molecule has 2 heterocycles. The van der Waals surface area contributed by atoms with Crippen molar-refractivity contribution in [3.05, 3.63) is 36.0 Å². The molecule has 218 valence electrons. The monoisotopic (exact) mass is 558 g/mol. The molecule has 1 saturated heterocycles. The average molecular weight is 559 g/mol. The number of aliphatic hydroxyl groups excluding tert-OH is 1. The van der Waals surface area contributed by atoms with Gasteiger partial charge in [-0.3, -0.25) is 19.4 Å². The van der Waals surface area contributed by atoms with Crippen molar-refractivity contribution >= 4 is 40.6 Å². The van der Waals surface area contributed by atoms with E-state index in [0.717, 1.165) is 21.4 Å². The summed E-state index contributed by atoms with van der Waals surface area (Å²) in [6.07, 6.45) is 1.84. The van der Waals surface area contributed by atoms with Gasteiger partial charge in [-0.15, -0.1) is 0 Å². The third-order valence-corrected chi connectivity index (χ3v) is 6.90. The first-order valence-electron chi connectivity index (χ1n) is 13.2. The molecule has 1 aliphatic heterocycles. The quantitative estimate of drug-likeness (QED) is 0.0810. The highest BCUT2D eigenvalue weighted by molar-refractivity contribution is 5.95. The number of carbonyl (C=O) groups is 4. The molecule has 0 aliphatic carbocycles. The number of hydrogen-bond donors (Lipinski definition) is 8. The molecule has 40 heavy (non-hydrogen) atoms. The Kier molecular flexibility index (Phi) is 10.4. The van der Waals surface area contributed by atoms with Crippen molar-refractivity contribution in [2.75, 3.05) is 13.1 Å². The lowest BCUT2D eigenvalue weighted by molar-refractivity contribution is -0.150. The molecule has 2 aromatic rings. The number of nitrogens with zero attached hydrogens (tertiary/aromatic N) is 2. The van der Waals surface area contributed by atoms with Crippen molar-refractivity contribution in [3.8, 4) is 0 Å². The number of guanidine groups is 1. The van der Waals surface area contributed by atoms with E-state index in [0.29, 0.717) is 12.8 Å². The Balaban J connectivity index is 1.72. The first kappa shape index (κ1) is 30.4. The summed E-state index contributed by atoms with van der Waals surface area (Å²) in [6, 6.07) is 3.02. The van der Waals surface area contributed by atoms with Crippen LogP contribution in [-0.2, 0) is 25.6 Å². The molecule has 5 unspecified atom stereocenters. The van der Waals surface area contributed by atoms with Gasteiger partial charge in [-0.25, -0.2) is 4.79 Å². The number of para-hydroxylation sites is 1. The maximum absolute atomic E-state index is 13.3. The predicted molar refractivity (Wildman–Crippen MR) is 148 cm³/mol. The zero-order valence-electron chi connectivity index (χ0n) is 22.4. The van der Waals surface area contributed by atoms with E-state index in [9.17, 15) is 29.4 Å². The number of carboxylic acid groups (broad SMARTS) is 1. The fourth-order valence-corrected chi connectivity index (χ4v) is 4.79. The van der Waals surface area contributed by atoms with Gasteiger partial charge in [-0.2, -0.15) is 0 Å². The van der Waals surface area contributed by atoms with Gasteiger partial charge >= 0.3 is 5.97 Å². The Morgan fingerprint density at radius 3 is 2.58 bits per heavy atom. The van der Waals surface area contributed by atoms with Crippen LogP contribution >= 0.6 is 0 Å². The van der Waals surface area contributed by atoms with Crippen LogP contribution in [0.2, 0.25) is 0 Å². The smallest absolute Gasteiger partial charge is 0.326 e. The number of amides is 3. The fraction of sp³-hybridized carbons (Fsp3) is 0.500. The number of hydrogen-bond acceptors (Lipinski definition) is 7. The molecule has 1 aromatic carbocycles. The molecule has 0 saturated carbocycles. The molecule has 1 aromatic heterocycles. The SMILES string of the molecule is CC(O)C(NC(=O)C(CCCN=C(N)N)NC(=O)C(N)Cc1c[nH]c2ccccc12)C(=O)N1CCCC1C(=O)O. The van der Waals surface area contributed by atoms with Gasteiger partial charge < -0.3 is 47.9 Å². The van der Waals surface area contributed by atoms with Crippen LogP contribution in [0.25, 0.3) is 10.9 Å². The minimum absolute atomic E-state index is 0.107. The van der Waals surface area contributed by atoms with Crippen molar-refractivity contribution in [2.24, 2.45) is 22.2 Å². The molecule has 11 N–H and O–H groups in total. The van der Waals surface area contributed by atoms with Crippen LogP contribution < -0.4 is 27.8 Å². The molecule has 0 bridgehead atoms. The topological polar surface area (TPSA) is 242 Å². The molecule has 0 radical (unpaired) electrons. The van der Waals surface area contributed by atoms with Crippen LogP contribution in [0.3, 0.4) is 0 Å². The van der Waals surface area contributed by atoms with Crippen molar-refractivity contribution < 1.29 is 29.4 Å². The lowest BCUT2D eigenvalue weighted by Crippen LogP contribution is -2.60. The predicted octanol–water partition coefficient (Wildman–Crippen LogP) is -1.48. The van der Waals surface area contributed by atoms with Gasteiger partial charge in [0.05, 0.1) is 12.1 Å². The molecule has 1 aliphatic rings. The van der Waals surface area contributed by atoms with E-state index in [1.807, 2.05) is 24.3 Å². The number of aliphatic hydroxyl groups is 1. The van der Waals surface area contributed by atoms with Gasteiger partial charge in [-0.05, 0) is 50.7 Å². The summed E-state index contributed by atoms with van der Waals surface area (Å²) in [7, 11) is 0. The number of aliphatic carboxylic acids is 1. The van der Waals surface area contributed by atoms with Gasteiger partial charge in [0.1, 0.15) is 18.1 Å². The third kappa shape index (κ3) is 7.70. The highest BCUT2D eigenvalue weighted by atomic mass is 16.4. The van der Waals surface area contributed by atoms with Crippen LogP contribution in [0.1, 0.15) is 38.2 Å². The minimum atomic E-state index is -1.41. The molecule has 14 nitrogen and oxygen atoms in total. The lowest BCUT2D eigenvalue weighted by atomic mass is 10.0. The van der Waals surface area contributed by atoms with Crippen LogP contribution in [0.5, 0.6) is 0 Å². The standard InChI is InChI=1S/C26H38N8O6/c1-14(35)21(24(38)34-11-5-9-20(34)25(39)40)33-23(37)19(8-4-10-30-26(28)29)32-22(36)17(27)12-15-13-31-18-7-3-2-6-16(15)18/h2-3,6-7,13-14,17,19-21,31,35H,4-5,8-12,27H2,1H3,(H,32,36)(H,33,37)(H,39,40)(H4,28,29,30). The number of nitrogens with one attached hydrogen (secondary N) is 3. The van der Waals surface area contributed by atoms with Crippen molar-refractivity contribution in [1.29, 1.82) is 0 Å². The second kappa shape index (κ2) is 13.8. The summed E-state index contributed by atoms with van der Waals surface area (Å²) < 4.78 is 0. The van der Waals surface area contributed by atoms with Crippen molar-refractivity contribution in [2.45, 2.75) is 69.3 Å². The number of likely N-dealkylation sites (tertiary alicyclic amines) is 1. The van der Waals surface area contributed by atoms with Gasteiger partial charge in [0.2, 0.25) is 17.7 Å².